The maximum Gasteiger partial charge on any atom is 0.339 e. The molecule has 0 aromatic heterocycles. The molecule has 0 saturated carbocycles. The Kier molecular flexibility index (Phi) is 5.39. The van der Waals surface area contributed by atoms with E-state index < -0.39 is 34.4 Å². The highest BCUT2D eigenvalue weighted by atomic mass is 35.5. The van der Waals surface area contributed by atoms with Gasteiger partial charge in [0.1, 0.15) is 11.4 Å². The Morgan fingerprint density at radius 1 is 1.18 bits per heavy atom. The fraction of sp³-hybridized carbons (Fsp3) is 0.167. The molecule has 1 N–H and O–H groups in total. The number of amides is 2. The molecule has 146 valence electrons. The van der Waals surface area contributed by atoms with Gasteiger partial charge in [-0.3, -0.25) is 9.59 Å². The summed E-state index contributed by atoms with van der Waals surface area (Å²) in [7, 11) is -4.09. The van der Waals surface area contributed by atoms with Gasteiger partial charge in [0, 0.05) is 5.69 Å². The highest BCUT2D eigenvalue weighted by molar-refractivity contribution is 7.90. The van der Waals surface area contributed by atoms with Crippen LogP contribution in [0.4, 0.5) is 5.69 Å². The van der Waals surface area contributed by atoms with Crippen molar-refractivity contribution in [1.29, 1.82) is 0 Å². The van der Waals surface area contributed by atoms with E-state index in [4.69, 9.17) is 16.3 Å². The average Bonchev–Trinajstić information content (AvgIpc) is 2.84. The van der Waals surface area contributed by atoms with Crippen molar-refractivity contribution in [1.82, 2.24) is 4.31 Å². The van der Waals surface area contributed by atoms with Gasteiger partial charge in [0.25, 0.3) is 15.9 Å². The van der Waals surface area contributed by atoms with Crippen LogP contribution in [-0.2, 0) is 19.6 Å². The smallest absolute Gasteiger partial charge is 0.339 e. The molecular formula is C18H15ClN2O6S. The van der Waals surface area contributed by atoms with E-state index in [2.05, 4.69) is 5.32 Å². The summed E-state index contributed by atoms with van der Waals surface area (Å²) >= 11 is 5.96. The van der Waals surface area contributed by atoms with Crippen LogP contribution in [0.15, 0.2) is 47.4 Å². The summed E-state index contributed by atoms with van der Waals surface area (Å²) in [5.74, 6) is -2.17. The first kappa shape index (κ1) is 19.8. The number of carbonyl (C=O) groups excluding carboxylic acids is 3. The van der Waals surface area contributed by atoms with Gasteiger partial charge in [-0.05, 0) is 37.3 Å². The van der Waals surface area contributed by atoms with Crippen molar-refractivity contribution in [3.8, 4) is 0 Å². The molecule has 2 aromatic rings. The Labute approximate surface area is 166 Å². The van der Waals surface area contributed by atoms with E-state index in [1.54, 1.807) is 13.0 Å². The normalized spacial score (nSPS) is 14.5. The third kappa shape index (κ3) is 3.58. The number of halogens is 1. The van der Waals surface area contributed by atoms with E-state index in [1.807, 2.05) is 0 Å². The summed E-state index contributed by atoms with van der Waals surface area (Å²) in [6.45, 7) is 1.09. The van der Waals surface area contributed by atoms with Crippen molar-refractivity contribution < 1.29 is 27.5 Å². The number of ether oxygens (including phenoxy) is 1. The van der Waals surface area contributed by atoms with Gasteiger partial charge in [-0.25, -0.2) is 17.5 Å². The van der Waals surface area contributed by atoms with Gasteiger partial charge in [0.15, 0.2) is 0 Å². The number of fused-ring (bicyclic) bond motifs is 1. The summed E-state index contributed by atoms with van der Waals surface area (Å²) in [6.07, 6.45) is 0. The molecule has 0 unspecified atom stereocenters. The Morgan fingerprint density at radius 2 is 1.89 bits per heavy atom. The van der Waals surface area contributed by atoms with Crippen LogP contribution in [0.5, 0.6) is 0 Å². The highest BCUT2D eigenvalue weighted by Gasteiger charge is 2.41. The van der Waals surface area contributed by atoms with Crippen LogP contribution < -0.4 is 5.32 Å². The van der Waals surface area contributed by atoms with Crippen LogP contribution >= 0.6 is 11.6 Å². The van der Waals surface area contributed by atoms with Gasteiger partial charge in [-0.1, -0.05) is 23.7 Å². The maximum absolute atomic E-state index is 12.5. The van der Waals surface area contributed by atoms with Gasteiger partial charge in [-0.2, -0.15) is 0 Å². The fourth-order valence-corrected chi connectivity index (χ4v) is 4.41. The summed E-state index contributed by atoms with van der Waals surface area (Å²) in [5, 5.41) is 2.60. The second kappa shape index (κ2) is 7.61. The van der Waals surface area contributed by atoms with Crippen LogP contribution in [0.2, 0.25) is 5.02 Å². The number of hydrogen-bond acceptors (Lipinski definition) is 6. The Hall–Kier alpha value is -2.91. The zero-order valence-corrected chi connectivity index (χ0v) is 16.2. The lowest BCUT2D eigenvalue weighted by atomic mass is 10.2. The first-order chi connectivity index (χ1) is 13.3. The van der Waals surface area contributed by atoms with Crippen LogP contribution in [0.3, 0.4) is 0 Å². The second-order valence-corrected chi connectivity index (χ2v) is 8.01. The van der Waals surface area contributed by atoms with Crippen LogP contribution in [0.1, 0.15) is 27.6 Å². The zero-order chi connectivity index (χ0) is 20.5. The molecule has 0 spiro atoms. The molecule has 28 heavy (non-hydrogen) atoms. The Balaban J connectivity index is 1.78. The summed E-state index contributed by atoms with van der Waals surface area (Å²) in [5.41, 5.74) is 0.281. The molecule has 10 heteroatoms. The van der Waals surface area contributed by atoms with E-state index in [9.17, 15) is 22.8 Å². The van der Waals surface area contributed by atoms with Crippen molar-refractivity contribution in [3.05, 3.63) is 58.6 Å². The van der Waals surface area contributed by atoms with Crippen molar-refractivity contribution in [2.24, 2.45) is 0 Å². The highest BCUT2D eigenvalue weighted by Crippen LogP contribution is 2.29. The number of nitrogens with one attached hydrogen (secondary N) is 1. The Bertz CT molecular complexity index is 1080. The lowest BCUT2D eigenvalue weighted by Crippen LogP contribution is -2.37. The Morgan fingerprint density at radius 3 is 2.57 bits per heavy atom. The predicted octanol–water partition coefficient (Wildman–Crippen LogP) is 2.30. The van der Waals surface area contributed by atoms with E-state index in [-0.39, 0.29) is 33.3 Å². The molecule has 0 bridgehead atoms. The first-order valence-electron chi connectivity index (χ1n) is 8.18. The number of carbonyl (C=O) groups is 3. The van der Waals surface area contributed by atoms with Crippen molar-refractivity contribution >= 4 is 45.1 Å². The number of esters is 1. The van der Waals surface area contributed by atoms with Gasteiger partial charge < -0.3 is 10.1 Å². The third-order valence-electron chi connectivity index (χ3n) is 3.94. The van der Waals surface area contributed by atoms with Crippen molar-refractivity contribution in [3.63, 3.8) is 0 Å². The van der Waals surface area contributed by atoms with Crippen LogP contribution in [0.25, 0.3) is 0 Å². The first-order valence-corrected chi connectivity index (χ1v) is 10.00. The number of benzene rings is 2. The van der Waals surface area contributed by atoms with Gasteiger partial charge in [-0.15, -0.1) is 0 Å². The number of sulfonamides is 1. The molecule has 1 heterocycles. The lowest BCUT2D eigenvalue weighted by molar-refractivity contribution is -0.116. The van der Waals surface area contributed by atoms with E-state index in [0.717, 1.165) is 0 Å². The lowest BCUT2D eigenvalue weighted by Gasteiger charge is -2.15. The predicted molar refractivity (Wildman–Crippen MR) is 101 cm³/mol. The van der Waals surface area contributed by atoms with Crippen LogP contribution in [0, 0.1) is 0 Å². The molecule has 1 aliphatic rings. The molecule has 0 atom stereocenters. The van der Waals surface area contributed by atoms with Crippen molar-refractivity contribution in [2.75, 3.05) is 18.5 Å². The number of rotatable bonds is 5. The quantitative estimate of drug-likeness (QED) is 0.740. The standard InChI is InChI=1S/C18H15ClN2O6S/c1-2-27-18(24)13-9-11(7-8-14(13)19)20-16(22)10-21-17(23)12-5-3-4-6-15(12)28(21,25)26/h3-9H,2,10H2,1H3,(H,20,22). The molecule has 0 aliphatic carbocycles. The number of nitrogens with zero attached hydrogens (tertiary/aromatic N) is 1. The summed E-state index contributed by atoms with van der Waals surface area (Å²) < 4.78 is 30.4. The van der Waals surface area contributed by atoms with Gasteiger partial charge in [0.2, 0.25) is 5.91 Å². The SMILES string of the molecule is CCOC(=O)c1cc(NC(=O)CN2C(=O)c3ccccc3S2(=O)=O)ccc1Cl. The number of anilines is 1. The largest absolute Gasteiger partial charge is 0.462 e. The van der Waals surface area contributed by atoms with Crippen molar-refractivity contribution in [2.45, 2.75) is 11.8 Å². The van der Waals surface area contributed by atoms with E-state index in [1.165, 1.54) is 36.4 Å². The minimum absolute atomic E-state index is 0.0198. The molecule has 2 amide bonds. The molecular weight excluding hydrogens is 408 g/mol. The van der Waals surface area contributed by atoms with Gasteiger partial charge in [0.05, 0.1) is 22.8 Å². The van der Waals surface area contributed by atoms with E-state index in [0.29, 0.717) is 4.31 Å². The molecule has 0 saturated heterocycles. The minimum Gasteiger partial charge on any atom is -0.462 e. The number of hydrogen-bond donors (Lipinski definition) is 1. The van der Waals surface area contributed by atoms with E-state index >= 15 is 0 Å². The topological polar surface area (TPSA) is 110 Å². The van der Waals surface area contributed by atoms with Crippen LogP contribution in [-0.4, -0.2) is 43.7 Å². The average molecular weight is 423 g/mol. The minimum atomic E-state index is -4.09. The molecule has 1 aliphatic heterocycles. The van der Waals surface area contributed by atoms with Gasteiger partial charge >= 0.3 is 5.97 Å². The molecule has 0 fully saturated rings. The maximum atomic E-state index is 12.5. The third-order valence-corrected chi connectivity index (χ3v) is 6.06. The monoisotopic (exact) mass is 422 g/mol. The molecule has 0 radical (unpaired) electrons. The second-order valence-electron chi connectivity index (χ2n) is 5.78. The molecule has 2 aromatic carbocycles. The zero-order valence-electron chi connectivity index (χ0n) is 14.6. The summed E-state index contributed by atoms with van der Waals surface area (Å²) in [6, 6.07) is 9.89. The molecule has 8 nitrogen and oxygen atoms in total. The summed E-state index contributed by atoms with van der Waals surface area (Å²) in [4.78, 5) is 36.4. The molecule has 3 rings (SSSR count). The fourth-order valence-electron chi connectivity index (χ4n) is 2.69.